The molecule has 1 N–H and O–H groups in total. The maximum Gasteiger partial charge on any atom is 0.0823 e. The number of hydrogen-bond acceptors (Lipinski definition) is 1. The fourth-order valence-electron chi connectivity index (χ4n) is 2.19. The minimum atomic E-state index is 0.565. The molecule has 3 aromatic carbocycles. The molecule has 0 unspecified atom stereocenters. The summed E-state index contributed by atoms with van der Waals surface area (Å²) in [5, 5.41) is 6.94. The molecule has 0 heterocycles. The van der Waals surface area contributed by atoms with Gasteiger partial charge in [-0.1, -0.05) is 65.7 Å². The Kier molecular flexibility index (Phi) is 3.81. The number of fused-ring (bicyclic) bond motifs is 1. The van der Waals surface area contributed by atoms with Gasteiger partial charge in [0, 0.05) is 6.54 Å². The first-order chi connectivity index (χ1) is 9.74. The summed E-state index contributed by atoms with van der Waals surface area (Å²) in [5.41, 5.74) is 2.06. The van der Waals surface area contributed by atoms with Crippen molar-refractivity contribution in [3.63, 3.8) is 0 Å². The minimum absolute atomic E-state index is 0.565. The van der Waals surface area contributed by atoms with Crippen molar-refractivity contribution in [3.8, 4) is 0 Å². The molecule has 1 nitrogen and oxygen atoms in total. The lowest BCUT2D eigenvalue weighted by Gasteiger charge is -2.10. The molecule has 0 saturated heterocycles. The van der Waals surface area contributed by atoms with Crippen molar-refractivity contribution >= 4 is 39.7 Å². The normalized spacial score (nSPS) is 10.7. The van der Waals surface area contributed by atoms with Crippen LogP contribution in [0.2, 0.25) is 10.0 Å². The van der Waals surface area contributed by atoms with Crippen LogP contribution in [0.15, 0.2) is 60.7 Å². The SMILES string of the molecule is Clc1cccc(NCc2ccc3ccccc3c2)c1Cl. The number of anilines is 1. The van der Waals surface area contributed by atoms with Crippen LogP contribution in [0.25, 0.3) is 10.8 Å². The summed E-state index contributed by atoms with van der Waals surface area (Å²) >= 11 is 12.2. The van der Waals surface area contributed by atoms with E-state index < -0.39 is 0 Å². The molecule has 0 aliphatic carbocycles. The molecule has 3 aromatic rings. The van der Waals surface area contributed by atoms with Gasteiger partial charge in [0.05, 0.1) is 15.7 Å². The van der Waals surface area contributed by atoms with Crippen LogP contribution in [0.4, 0.5) is 5.69 Å². The van der Waals surface area contributed by atoms with E-state index in [-0.39, 0.29) is 0 Å². The van der Waals surface area contributed by atoms with Crippen molar-refractivity contribution in [1.29, 1.82) is 0 Å². The van der Waals surface area contributed by atoms with Crippen LogP contribution < -0.4 is 5.32 Å². The zero-order chi connectivity index (χ0) is 13.9. The summed E-state index contributed by atoms with van der Waals surface area (Å²) in [6.45, 7) is 0.713. The van der Waals surface area contributed by atoms with Crippen molar-refractivity contribution in [2.24, 2.45) is 0 Å². The Morgan fingerprint density at radius 1 is 0.800 bits per heavy atom. The van der Waals surface area contributed by atoms with Crippen LogP contribution >= 0.6 is 23.2 Å². The molecule has 0 atom stereocenters. The third-order valence-electron chi connectivity index (χ3n) is 3.25. The fraction of sp³-hybridized carbons (Fsp3) is 0.0588. The molecule has 3 heteroatoms. The third kappa shape index (κ3) is 2.74. The highest BCUT2D eigenvalue weighted by Crippen LogP contribution is 2.30. The second kappa shape index (κ2) is 5.74. The zero-order valence-electron chi connectivity index (χ0n) is 10.7. The molecule has 0 saturated carbocycles. The van der Waals surface area contributed by atoms with E-state index in [2.05, 4.69) is 35.6 Å². The van der Waals surface area contributed by atoms with Gasteiger partial charge in [-0.2, -0.15) is 0 Å². The van der Waals surface area contributed by atoms with Gasteiger partial charge in [0.2, 0.25) is 0 Å². The van der Waals surface area contributed by atoms with Gasteiger partial charge < -0.3 is 5.32 Å². The molecule has 0 fully saturated rings. The van der Waals surface area contributed by atoms with Crippen molar-refractivity contribution in [3.05, 3.63) is 76.3 Å². The summed E-state index contributed by atoms with van der Waals surface area (Å²) in [6.07, 6.45) is 0. The van der Waals surface area contributed by atoms with Crippen LogP contribution in [0.3, 0.4) is 0 Å². The lowest BCUT2D eigenvalue weighted by molar-refractivity contribution is 1.16. The van der Waals surface area contributed by atoms with Crippen LogP contribution in [0.5, 0.6) is 0 Å². The number of rotatable bonds is 3. The van der Waals surface area contributed by atoms with E-state index in [0.717, 1.165) is 5.69 Å². The molecule has 0 amide bonds. The molecule has 0 radical (unpaired) electrons. The van der Waals surface area contributed by atoms with E-state index in [9.17, 15) is 0 Å². The predicted octanol–water partition coefficient (Wildman–Crippen LogP) is 5.76. The van der Waals surface area contributed by atoms with Crippen LogP contribution in [-0.4, -0.2) is 0 Å². The van der Waals surface area contributed by atoms with Crippen LogP contribution in [0, 0.1) is 0 Å². The van der Waals surface area contributed by atoms with Crippen molar-refractivity contribution in [2.75, 3.05) is 5.32 Å². The van der Waals surface area contributed by atoms with E-state index in [1.807, 2.05) is 24.3 Å². The Hall–Kier alpha value is -1.70. The summed E-state index contributed by atoms with van der Waals surface area (Å²) in [7, 11) is 0. The van der Waals surface area contributed by atoms with Gasteiger partial charge in [0.25, 0.3) is 0 Å². The molecule has 0 bridgehead atoms. The summed E-state index contributed by atoms with van der Waals surface area (Å²) in [5.74, 6) is 0. The zero-order valence-corrected chi connectivity index (χ0v) is 12.2. The lowest BCUT2D eigenvalue weighted by Crippen LogP contribution is -1.99. The first-order valence-corrected chi connectivity index (χ1v) is 7.15. The van der Waals surface area contributed by atoms with E-state index in [4.69, 9.17) is 23.2 Å². The molecule has 0 aliphatic rings. The molecule has 0 spiro atoms. The van der Waals surface area contributed by atoms with Gasteiger partial charge in [-0.05, 0) is 34.5 Å². The van der Waals surface area contributed by atoms with Crippen molar-refractivity contribution in [1.82, 2.24) is 0 Å². The Morgan fingerprint density at radius 2 is 1.60 bits per heavy atom. The second-order valence-electron chi connectivity index (χ2n) is 4.64. The van der Waals surface area contributed by atoms with E-state index >= 15 is 0 Å². The fourth-order valence-corrected chi connectivity index (χ4v) is 2.55. The van der Waals surface area contributed by atoms with Gasteiger partial charge in [-0.25, -0.2) is 0 Å². The first kappa shape index (κ1) is 13.3. The molecule has 20 heavy (non-hydrogen) atoms. The second-order valence-corrected chi connectivity index (χ2v) is 5.42. The minimum Gasteiger partial charge on any atom is -0.380 e. The van der Waals surface area contributed by atoms with Crippen LogP contribution in [-0.2, 0) is 6.54 Å². The largest absolute Gasteiger partial charge is 0.380 e. The number of hydrogen-bond donors (Lipinski definition) is 1. The maximum atomic E-state index is 6.16. The Bertz CT molecular complexity index is 753. The van der Waals surface area contributed by atoms with Gasteiger partial charge in [-0.3, -0.25) is 0 Å². The number of nitrogens with one attached hydrogen (secondary N) is 1. The third-order valence-corrected chi connectivity index (χ3v) is 4.07. The van der Waals surface area contributed by atoms with E-state index in [1.165, 1.54) is 16.3 Å². The number of benzene rings is 3. The van der Waals surface area contributed by atoms with Crippen molar-refractivity contribution in [2.45, 2.75) is 6.54 Å². The smallest absolute Gasteiger partial charge is 0.0823 e. The topological polar surface area (TPSA) is 12.0 Å². The van der Waals surface area contributed by atoms with Gasteiger partial charge >= 0.3 is 0 Å². The molecule has 0 aliphatic heterocycles. The summed E-state index contributed by atoms with van der Waals surface area (Å²) in [4.78, 5) is 0. The molecular weight excluding hydrogens is 289 g/mol. The Balaban J connectivity index is 1.81. The number of halogens is 2. The highest BCUT2D eigenvalue weighted by Gasteiger charge is 2.04. The highest BCUT2D eigenvalue weighted by atomic mass is 35.5. The monoisotopic (exact) mass is 301 g/mol. The highest BCUT2D eigenvalue weighted by molar-refractivity contribution is 6.43. The molecular formula is C17H13Cl2N. The Labute approximate surface area is 128 Å². The van der Waals surface area contributed by atoms with E-state index in [1.54, 1.807) is 6.07 Å². The quantitative estimate of drug-likeness (QED) is 0.648. The standard InChI is InChI=1S/C17H13Cl2N/c18-15-6-3-7-16(17(15)19)20-11-12-8-9-13-4-1-2-5-14(13)10-12/h1-10,20H,11H2. The molecule has 3 rings (SSSR count). The average Bonchev–Trinajstić information content (AvgIpc) is 2.48. The van der Waals surface area contributed by atoms with Gasteiger partial charge in [0.1, 0.15) is 0 Å². The van der Waals surface area contributed by atoms with E-state index in [0.29, 0.717) is 16.6 Å². The summed E-state index contributed by atoms with van der Waals surface area (Å²) in [6, 6.07) is 20.3. The summed E-state index contributed by atoms with van der Waals surface area (Å²) < 4.78 is 0. The maximum absolute atomic E-state index is 6.16. The first-order valence-electron chi connectivity index (χ1n) is 6.39. The molecule has 0 aromatic heterocycles. The van der Waals surface area contributed by atoms with Crippen molar-refractivity contribution < 1.29 is 0 Å². The van der Waals surface area contributed by atoms with Crippen LogP contribution in [0.1, 0.15) is 5.56 Å². The van der Waals surface area contributed by atoms with Gasteiger partial charge in [-0.15, -0.1) is 0 Å². The lowest BCUT2D eigenvalue weighted by atomic mass is 10.1. The Morgan fingerprint density at radius 3 is 2.45 bits per heavy atom. The molecule has 100 valence electrons. The van der Waals surface area contributed by atoms with Gasteiger partial charge in [0.15, 0.2) is 0 Å². The average molecular weight is 302 g/mol. The predicted molar refractivity (Wildman–Crippen MR) is 87.7 cm³/mol.